The number of hydrogen-bond acceptors (Lipinski definition) is 3. The molecule has 1 aromatic carbocycles. The molecule has 98 valence electrons. The van der Waals surface area contributed by atoms with Gasteiger partial charge in [0.05, 0.1) is 4.90 Å². The molecule has 0 radical (unpaired) electrons. The monoisotopic (exact) mass is 266 g/mol. The summed E-state index contributed by atoms with van der Waals surface area (Å²) in [5.41, 5.74) is 2.48. The van der Waals surface area contributed by atoms with E-state index < -0.39 is 10.0 Å². The Bertz CT molecular complexity index is 577. The van der Waals surface area contributed by atoms with Gasteiger partial charge in [0.1, 0.15) is 0 Å². The molecular formula is C13H18N2O2S. The van der Waals surface area contributed by atoms with Gasteiger partial charge in [-0.15, -0.1) is 0 Å². The van der Waals surface area contributed by atoms with Crippen molar-refractivity contribution in [1.29, 1.82) is 0 Å². The molecule has 0 atom stereocenters. The van der Waals surface area contributed by atoms with Gasteiger partial charge in [0.2, 0.25) is 10.0 Å². The molecule has 1 aromatic rings. The standard InChI is InChI=1S/C13H18N2O2S/c1-13(4-5-13)9-15-18(16,17)12-3-2-10-7-14-8-11(10)6-12/h2-3,6,14-15H,4-5,7-9H2,1H3. The zero-order valence-electron chi connectivity index (χ0n) is 10.5. The summed E-state index contributed by atoms with van der Waals surface area (Å²) in [4.78, 5) is 0.384. The molecule has 5 heteroatoms. The van der Waals surface area contributed by atoms with E-state index in [0.29, 0.717) is 11.4 Å². The van der Waals surface area contributed by atoms with Crippen LogP contribution in [0.2, 0.25) is 0 Å². The van der Waals surface area contributed by atoms with E-state index in [1.165, 1.54) is 5.56 Å². The first kappa shape index (κ1) is 12.1. The van der Waals surface area contributed by atoms with Crippen molar-refractivity contribution in [2.75, 3.05) is 6.54 Å². The molecule has 4 nitrogen and oxygen atoms in total. The maximum absolute atomic E-state index is 12.2. The van der Waals surface area contributed by atoms with Crippen LogP contribution in [0.1, 0.15) is 30.9 Å². The molecule has 3 rings (SSSR count). The average molecular weight is 266 g/mol. The third kappa shape index (κ3) is 2.30. The van der Waals surface area contributed by atoms with Crippen molar-refractivity contribution in [3.05, 3.63) is 29.3 Å². The van der Waals surface area contributed by atoms with Crippen molar-refractivity contribution in [2.45, 2.75) is 37.8 Å². The summed E-state index contributed by atoms with van der Waals surface area (Å²) in [6.45, 7) is 4.25. The molecule has 1 heterocycles. The molecule has 0 spiro atoms. The average Bonchev–Trinajstić information content (AvgIpc) is 2.91. The van der Waals surface area contributed by atoms with Crippen LogP contribution in [0.25, 0.3) is 0 Å². The quantitative estimate of drug-likeness (QED) is 0.865. The first-order valence-corrected chi connectivity index (χ1v) is 7.79. The lowest BCUT2D eigenvalue weighted by molar-refractivity contribution is 0.530. The Morgan fingerprint density at radius 1 is 1.28 bits per heavy atom. The van der Waals surface area contributed by atoms with Gasteiger partial charge < -0.3 is 5.32 Å². The van der Waals surface area contributed by atoms with E-state index >= 15 is 0 Å². The number of rotatable bonds is 4. The minimum Gasteiger partial charge on any atom is -0.309 e. The van der Waals surface area contributed by atoms with Gasteiger partial charge in [0.15, 0.2) is 0 Å². The van der Waals surface area contributed by atoms with Crippen LogP contribution in [0.15, 0.2) is 23.1 Å². The Hall–Kier alpha value is -0.910. The lowest BCUT2D eigenvalue weighted by Gasteiger charge is -2.11. The van der Waals surface area contributed by atoms with Gasteiger partial charge in [-0.1, -0.05) is 13.0 Å². The summed E-state index contributed by atoms with van der Waals surface area (Å²) in [6, 6.07) is 5.39. The van der Waals surface area contributed by atoms with Gasteiger partial charge in [-0.25, -0.2) is 13.1 Å². The molecule has 1 aliphatic carbocycles. The van der Waals surface area contributed by atoms with E-state index in [4.69, 9.17) is 0 Å². The predicted octanol–water partition coefficient (Wildman–Crippen LogP) is 1.37. The third-order valence-corrected chi connectivity index (χ3v) is 5.31. The maximum Gasteiger partial charge on any atom is 0.240 e. The summed E-state index contributed by atoms with van der Waals surface area (Å²) >= 11 is 0. The van der Waals surface area contributed by atoms with Crippen molar-refractivity contribution in [3.63, 3.8) is 0 Å². The van der Waals surface area contributed by atoms with Gasteiger partial charge in [-0.2, -0.15) is 0 Å². The fraction of sp³-hybridized carbons (Fsp3) is 0.538. The zero-order chi connectivity index (χ0) is 12.8. The number of nitrogens with one attached hydrogen (secondary N) is 2. The highest BCUT2D eigenvalue weighted by Crippen LogP contribution is 2.44. The topological polar surface area (TPSA) is 58.2 Å². The van der Waals surface area contributed by atoms with E-state index in [2.05, 4.69) is 17.0 Å². The Kier molecular flexibility index (Phi) is 2.73. The van der Waals surface area contributed by atoms with Crippen LogP contribution in [0, 0.1) is 5.41 Å². The molecule has 2 aliphatic rings. The van der Waals surface area contributed by atoms with E-state index in [1.807, 2.05) is 6.07 Å². The van der Waals surface area contributed by atoms with Crippen LogP contribution >= 0.6 is 0 Å². The highest BCUT2D eigenvalue weighted by molar-refractivity contribution is 7.89. The van der Waals surface area contributed by atoms with E-state index in [9.17, 15) is 8.42 Å². The summed E-state index contributed by atoms with van der Waals surface area (Å²) < 4.78 is 27.1. The van der Waals surface area contributed by atoms with Crippen LogP contribution in [0.3, 0.4) is 0 Å². The Balaban J connectivity index is 1.80. The number of benzene rings is 1. The van der Waals surface area contributed by atoms with Crippen LogP contribution < -0.4 is 10.0 Å². The van der Waals surface area contributed by atoms with E-state index in [1.54, 1.807) is 12.1 Å². The third-order valence-electron chi connectivity index (χ3n) is 3.91. The summed E-state index contributed by atoms with van der Waals surface area (Å²) in [7, 11) is -3.35. The molecule has 0 saturated heterocycles. The van der Waals surface area contributed by atoms with Gasteiger partial charge >= 0.3 is 0 Å². The molecule has 1 fully saturated rings. The van der Waals surface area contributed by atoms with Crippen LogP contribution in [0.5, 0.6) is 0 Å². The van der Waals surface area contributed by atoms with Crippen molar-refractivity contribution in [1.82, 2.24) is 10.0 Å². The van der Waals surface area contributed by atoms with Crippen LogP contribution in [0.4, 0.5) is 0 Å². The first-order chi connectivity index (χ1) is 8.49. The summed E-state index contributed by atoms with van der Waals surface area (Å²) in [5.74, 6) is 0. The summed E-state index contributed by atoms with van der Waals surface area (Å²) in [5, 5.41) is 3.22. The maximum atomic E-state index is 12.2. The van der Waals surface area contributed by atoms with Crippen molar-refractivity contribution >= 4 is 10.0 Å². The molecule has 0 aromatic heterocycles. The van der Waals surface area contributed by atoms with Gasteiger partial charge in [-0.3, -0.25) is 0 Å². The second-order valence-electron chi connectivity index (χ2n) is 5.67. The molecule has 0 amide bonds. The fourth-order valence-corrected chi connectivity index (χ4v) is 3.43. The molecule has 1 aliphatic heterocycles. The van der Waals surface area contributed by atoms with Crippen molar-refractivity contribution in [3.8, 4) is 0 Å². The SMILES string of the molecule is CC1(CNS(=O)(=O)c2ccc3c(c2)CNC3)CC1. The van der Waals surface area contributed by atoms with Crippen molar-refractivity contribution < 1.29 is 8.42 Å². The number of hydrogen-bond donors (Lipinski definition) is 2. The zero-order valence-corrected chi connectivity index (χ0v) is 11.3. The normalized spacial score (nSPS) is 20.7. The lowest BCUT2D eigenvalue weighted by Crippen LogP contribution is -2.29. The molecular weight excluding hydrogens is 248 g/mol. The van der Waals surface area contributed by atoms with Gasteiger partial charge in [0.25, 0.3) is 0 Å². The predicted molar refractivity (Wildman–Crippen MR) is 69.5 cm³/mol. The lowest BCUT2D eigenvalue weighted by atomic mass is 10.1. The van der Waals surface area contributed by atoms with Gasteiger partial charge in [-0.05, 0) is 41.5 Å². The minimum absolute atomic E-state index is 0.186. The Morgan fingerprint density at radius 2 is 2.00 bits per heavy atom. The van der Waals surface area contributed by atoms with Gasteiger partial charge in [0, 0.05) is 19.6 Å². The minimum atomic E-state index is -3.35. The second-order valence-corrected chi connectivity index (χ2v) is 7.44. The van der Waals surface area contributed by atoms with Crippen LogP contribution in [-0.2, 0) is 23.1 Å². The first-order valence-electron chi connectivity index (χ1n) is 6.31. The summed E-state index contributed by atoms with van der Waals surface area (Å²) in [6.07, 6.45) is 2.23. The highest BCUT2D eigenvalue weighted by Gasteiger charge is 2.38. The smallest absolute Gasteiger partial charge is 0.240 e. The second kappa shape index (κ2) is 4.05. The largest absolute Gasteiger partial charge is 0.309 e. The molecule has 2 N–H and O–H groups in total. The molecule has 0 unspecified atom stereocenters. The van der Waals surface area contributed by atoms with E-state index in [0.717, 1.165) is 31.5 Å². The Labute approximate surface area is 108 Å². The van der Waals surface area contributed by atoms with Crippen LogP contribution in [-0.4, -0.2) is 15.0 Å². The Morgan fingerprint density at radius 3 is 2.72 bits per heavy atom. The van der Waals surface area contributed by atoms with E-state index in [-0.39, 0.29) is 5.41 Å². The van der Waals surface area contributed by atoms with Crippen molar-refractivity contribution in [2.24, 2.45) is 5.41 Å². The fourth-order valence-electron chi connectivity index (χ4n) is 2.18. The molecule has 0 bridgehead atoms. The highest BCUT2D eigenvalue weighted by atomic mass is 32.2. The number of sulfonamides is 1. The number of fused-ring (bicyclic) bond motifs is 1. The molecule has 1 saturated carbocycles. The molecule has 18 heavy (non-hydrogen) atoms.